The van der Waals surface area contributed by atoms with Crippen molar-refractivity contribution in [3.05, 3.63) is 22.2 Å². The van der Waals surface area contributed by atoms with Crippen molar-refractivity contribution in [3.8, 4) is 11.5 Å². The molecule has 0 saturated heterocycles. The summed E-state index contributed by atoms with van der Waals surface area (Å²) in [6.45, 7) is 7.76. The highest BCUT2D eigenvalue weighted by Crippen LogP contribution is 2.37. The van der Waals surface area contributed by atoms with Crippen LogP contribution in [0.1, 0.15) is 44.0 Å². The molecule has 1 aromatic carbocycles. The first-order valence-electron chi connectivity index (χ1n) is 7.01. The Bertz CT molecular complexity index is 449. The summed E-state index contributed by atoms with van der Waals surface area (Å²) in [5.74, 6) is 1.15. The molecule has 1 N–H and O–H groups in total. The minimum atomic E-state index is -0.101. The molecule has 0 aromatic heterocycles. The van der Waals surface area contributed by atoms with E-state index in [0.29, 0.717) is 36.8 Å². The van der Waals surface area contributed by atoms with E-state index in [-0.39, 0.29) is 5.91 Å². The third-order valence-electron chi connectivity index (χ3n) is 2.56. The number of ether oxygens (including phenoxy) is 2. The van der Waals surface area contributed by atoms with Gasteiger partial charge in [0, 0.05) is 12.1 Å². The van der Waals surface area contributed by atoms with E-state index in [2.05, 4.69) is 21.2 Å². The molecule has 1 aromatic rings. The third-order valence-corrected chi connectivity index (χ3v) is 3.15. The Hall–Kier alpha value is -1.23. The van der Waals surface area contributed by atoms with Gasteiger partial charge < -0.3 is 14.8 Å². The van der Waals surface area contributed by atoms with Crippen molar-refractivity contribution in [2.75, 3.05) is 19.8 Å². The van der Waals surface area contributed by atoms with E-state index in [1.807, 2.05) is 20.8 Å². The number of benzene rings is 1. The molecule has 4 nitrogen and oxygen atoms in total. The zero-order chi connectivity index (χ0) is 15.0. The quantitative estimate of drug-likeness (QED) is 0.781. The van der Waals surface area contributed by atoms with E-state index in [1.54, 1.807) is 12.1 Å². The first-order chi connectivity index (χ1) is 9.63. The van der Waals surface area contributed by atoms with Crippen LogP contribution in [0.3, 0.4) is 0 Å². The molecule has 0 bridgehead atoms. The fraction of sp³-hybridized carbons (Fsp3) is 0.533. The molecule has 0 saturated carbocycles. The molecule has 0 radical (unpaired) electrons. The standard InChI is InChI=1S/C15H22BrNO3/c1-4-7-17-15(18)11-9-12(16)14(20-8-5-2)13(10-11)19-6-3/h9-10H,4-8H2,1-3H3,(H,17,18). The van der Waals surface area contributed by atoms with Crippen LogP contribution in [0.25, 0.3) is 0 Å². The van der Waals surface area contributed by atoms with Gasteiger partial charge >= 0.3 is 0 Å². The molecular formula is C15H22BrNO3. The summed E-state index contributed by atoms with van der Waals surface area (Å²) in [6.07, 6.45) is 1.82. The smallest absolute Gasteiger partial charge is 0.251 e. The molecule has 0 spiro atoms. The molecule has 1 amide bonds. The fourth-order valence-corrected chi connectivity index (χ4v) is 2.20. The zero-order valence-electron chi connectivity index (χ0n) is 12.3. The minimum absolute atomic E-state index is 0.101. The predicted octanol–water partition coefficient (Wildman–Crippen LogP) is 3.78. The van der Waals surface area contributed by atoms with E-state index in [1.165, 1.54) is 0 Å². The number of carbonyl (C=O) groups excluding carboxylic acids is 1. The Kier molecular flexibility index (Phi) is 7.44. The second-order valence-corrected chi connectivity index (χ2v) is 5.18. The summed E-state index contributed by atoms with van der Waals surface area (Å²) >= 11 is 3.45. The van der Waals surface area contributed by atoms with E-state index in [4.69, 9.17) is 9.47 Å². The number of nitrogens with one attached hydrogen (secondary N) is 1. The van der Waals surface area contributed by atoms with Gasteiger partial charge in [0.2, 0.25) is 0 Å². The minimum Gasteiger partial charge on any atom is -0.490 e. The average Bonchev–Trinajstić information content (AvgIpc) is 2.44. The number of hydrogen-bond acceptors (Lipinski definition) is 3. The fourth-order valence-electron chi connectivity index (χ4n) is 1.65. The van der Waals surface area contributed by atoms with Crippen LogP contribution in [0.15, 0.2) is 16.6 Å². The van der Waals surface area contributed by atoms with Crippen molar-refractivity contribution in [3.63, 3.8) is 0 Å². The lowest BCUT2D eigenvalue weighted by molar-refractivity contribution is 0.0953. The van der Waals surface area contributed by atoms with Crippen LogP contribution in [-0.2, 0) is 0 Å². The van der Waals surface area contributed by atoms with Gasteiger partial charge in [-0.15, -0.1) is 0 Å². The molecule has 1 rings (SSSR count). The molecule has 112 valence electrons. The topological polar surface area (TPSA) is 47.6 Å². The molecule has 20 heavy (non-hydrogen) atoms. The molecule has 5 heteroatoms. The molecule has 0 unspecified atom stereocenters. The number of rotatable bonds is 8. The first-order valence-corrected chi connectivity index (χ1v) is 7.80. The first kappa shape index (κ1) is 16.8. The summed E-state index contributed by atoms with van der Waals surface area (Å²) in [7, 11) is 0. The van der Waals surface area contributed by atoms with Crippen molar-refractivity contribution in [1.82, 2.24) is 5.32 Å². The number of hydrogen-bond donors (Lipinski definition) is 1. The maximum atomic E-state index is 12.0. The van der Waals surface area contributed by atoms with Gasteiger partial charge in [-0.05, 0) is 47.8 Å². The lowest BCUT2D eigenvalue weighted by atomic mass is 10.2. The van der Waals surface area contributed by atoms with Gasteiger partial charge in [-0.3, -0.25) is 4.79 Å². The third kappa shape index (κ3) is 4.71. The summed E-state index contributed by atoms with van der Waals surface area (Å²) < 4.78 is 12.0. The Morgan fingerprint density at radius 1 is 1.20 bits per heavy atom. The molecule has 0 aliphatic carbocycles. The van der Waals surface area contributed by atoms with Gasteiger partial charge in [0.25, 0.3) is 5.91 Å². The number of carbonyl (C=O) groups is 1. The maximum absolute atomic E-state index is 12.0. The summed E-state index contributed by atoms with van der Waals surface area (Å²) in [5.41, 5.74) is 0.567. The van der Waals surface area contributed by atoms with Gasteiger partial charge in [-0.2, -0.15) is 0 Å². The van der Waals surface area contributed by atoms with Crippen LogP contribution in [0, 0.1) is 0 Å². The van der Waals surface area contributed by atoms with Crippen LogP contribution >= 0.6 is 15.9 Å². The van der Waals surface area contributed by atoms with Gasteiger partial charge in [0.1, 0.15) is 0 Å². The lowest BCUT2D eigenvalue weighted by Gasteiger charge is -2.15. The monoisotopic (exact) mass is 343 g/mol. The van der Waals surface area contributed by atoms with Gasteiger partial charge in [0.05, 0.1) is 17.7 Å². The lowest BCUT2D eigenvalue weighted by Crippen LogP contribution is -2.24. The Morgan fingerprint density at radius 3 is 2.55 bits per heavy atom. The SMILES string of the molecule is CCCNC(=O)c1cc(Br)c(OCCC)c(OCC)c1. The second-order valence-electron chi connectivity index (χ2n) is 4.32. The van der Waals surface area contributed by atoms with Crippen molar-refractivity contribution < 1.29 is 14.3 Å². The molecule has 0 atom stereocenters. The molecular weight excluding hydrogens is 322 g/mol. The molecule has 0 fully saturated rings. The van der Waals surface area contributed by atoms with Crippen LogP contribution in [0.5, 0.6) is 11.5 Å². The molecule has 0 aliphatic rings. The number of amides is 1. The van der Waals surface area contributed by atoms with Crippen LogP contribution in [-0.4, -0.2) is 25.7 Å². The Morgan fingerprint density at radius 2 is 1.95 bits per heavy atom. The predicted molar refractivity (Wildman–Crippen MR) is 83.7 cm³/mol. The van der Waals surface area contributed by atoms with E-state index in [9.17, 15) is 4.79 Å². The van der Waals surface area contributed by atoms with Crippen molar-refractivity contribution in [1.29, 1.82) is 0 Å². The van der Waals surface area contributed by atoms with Crippen molar-refractivity contribution in [2.45, 2.75) is 33.6 Å². The van der Waals surface area contributed by atoms with Crippen molar-refractivity contribution >= 4 is 21.8 Å². The Balaban J connectivity index is 3.02. The highest BCUT2D eigenvalue weighted by atomic mass is 79.9. The van der Waals surface area contributed by atoms with Crippen molar-refractivity contribution in [2.24, 2.45) is 0 Å². The highest BCUT2D eigenvalue weighted by Gasteiger charge is 2.15. The largest absolute Gasteiger partial charge is 0.490 e. The van der Waals surface area contributed by atoms with E-state index >= 15 is 0 Å². The van der Waals surface area contributed by atoms with Gasteiger partial charge in [-0.25, -0.2) is 0 Å². The summed E-state index contributed by atoms with van der Waals surface area (Å²) in [4.78, 5) is 12.0. The zero-order valence-corrected chi connectivity index (χ0v) is 13.9. The van der Waals surface area contributed by atoms with E-state index in [0.717, 1.165) is 17.3 Å². The normalized spacial score (nSPS) is 10.2. The highest BCUT2D eigenvalue weighted by molar-refractivity contribution is 9.10. The van der Waals surface area contributed by atoms with Gasteiger partial charge in [-0.1, -0.05) is 13.8 Å². The maximum Gasteiger partial charge on any atom is 0.251 e. The van der Waals surface area contributed by atoms with E-state index < -0.39 is 0 Å². The van der Waals surface area contributed by atoms with Crippen LogP contribution in [0.4, 0.5) is 0 Å². The Labute approximate surface area is 129 Å². The number of halogens is 1. The van der Waals surface area contributed by atoms with Gasteiger partial charge in [0.15, 0.2) is 11.5 Å². The summed E-state index contributed by atoms with van der Waals surface area (Å²) in [6, 6.07) is 3.49. The molecule has 0 heterocycles. The summed E-state index contributed by atoms with van der Waals surface area (Å²) in [5, 5.41) is 2.85. The molecule has 0 aliphatic heterocycles. The second kappa shape index (κ2) is 8.84. The van der Waals surface area contributed by atoms with Crippen LogP contribution in [0.2, 0.25) is 0 Å². The van der Waals surface area contributed by atoms with Crippen LogP contribution < -0.4 is 14.8 Å². The average molecular weight is 344 g/mol.